The molecule has 1 saturated heterocycles. The highest BCUT2D eigenvalue weighted by Crippen LogP contribution is 2.16. The molecule has 1 fully saturated rings. The van der Waals surface area contributed by atoms with Crippen molar-refractivity contribution in [3.8, 4) is 0 Å². The maximum absolute atomic E-state index is 12.1. The molecule has 1 aromatic carbocycles. The van der Waals surface area contributed by atoms with Crippen LogP contribution >= 0.6 is 0 Å². The molecule has 1 N–H and O–H groups in total. The van der Waals surface area contributed by atoms with Crippen molar-refractivity contribution in [3.63, 3.8) is 0 Å². The van der Waals surface area contributed by atoms with Crippen molar-refractivity contribution in [1.82, 2.24) is 14.9 Å². The number of aromatic nitrogens is 2. The average Bonchev–Trinajstić information content (AvgIpc) is 2.56. The van der Waals surface area contributed by atoms with Gasteiger partial charge in [-0.05, 0) is 12.6 Å². The van der Waals surface area contributed by atoms with Gasteiger partial charge in [0.25, 0.3) is 0 Å². The molecule has 2 heterocycles. The number of likely N-dealkylation sites (N-methyl/N-ethyl adjacent to an activating group) is 1. The lowest BCUT2D eigenvalue weighted by molar-refractivity contribution is -0.115. The monoisotopic (exact) mass is 311 g/mol. The maximum atomic E-state index is 12.1. The molecule has 2 aromatic rings. The summed E-state index contributed by atoms with van der Waals surface area (Å²) >= 11 is 0. The van der Waals surface area contributed by atoms with Crippen molar-refractivity contribution in [2.45, 2.75) is 6.42 Å². The van der Waals surface area contributed by atoms with E-state index in [0.717, 1.165) is 37.6 Å². The van der Waals surface area contributed by atoms with Gasteiger partial charge in [0.15, 0.2) is 0 Å². The topological polar surface area (TPSA) is 61.4 Å². The quantitative estimate of drug-likeness (QED) is 0.925. The molecule has 1 aromatic heterocycles. The highest BCUT2D eigenvalue weighted by atomic mass is 16.1. The van der Waals surface area contributed by atoms with Crippen LogP contribution in [0.3, 0.4) is 0 Å². The van der Waals surface area contributed by atoms with E-state index in [0.29, 0.717) is 12.2 Å². The van der Waals surface area contributed by atoms with Crippen LogP contribution in [0.2, 0.25) is 0 Å². The highest BCUT2D eigenvalue weighted by Gasteiger charge is 2.16. The Balaban J connectivity index is 1.62. The van der Waals surface area contributed by atoms with Gasteiger partial charge in [0.2, 0.25) is 5.91 Å². The fourth-order valence-electron chi connectivity index (χ4n) is 2.59. The predicted molar refractivity (Wildman–Crippen MR) is 90.5 cm³/mol. The van der Waals surface area contributed by atoms with Crippen LogP contribution in [0.4, 0.5) is 11.6 Å². The Kier molecular flexibility index (Phi) is 4.83. The largest absolute Gasteiger partial charge is 0.354 e. The summed E-state index contributed by atoms with van der Waals surface area (Å²) in [5.74, 6) is 1.34. The number of benzene rings is 1. The first-order chi connectivity index (χ1) is 11.2. The molecule has 1 aliphatic rings. The summed E-state index contributed by atoms with van der Waals surface area (Å²) in [7, 11) is 2.12. The minimum absolute atomic E-state index is 0.0702. The first kappa shape index (κ1) is 15.4. The Morgan fingerprint density at radius 1 is 1.13 bits per heavy atom. The maximum Gasteiger partial charge on any atom is 0.229 e. The van der Waals surface area contributed by atoms with Crippen molar-refractivity contribution in [3.05, 3.63) is 48.3 Å². The van der Waals surface area contributed by atoms with Crippen LogP contribution in [0.25, 0.3) is 0 Å². The van der Waals surface area contributed by atoms with Crippen molar-refractivity contribution >= 4 is 17.5 Å². The zero-order valence-electron chi connectivity index (χ0n) is 13.3. The standard InChI is InChI=1S/C17H21N5O/c1-21-7-9-22(10-8-21)16-12-15(18-13-19-16)20-17(23)11-14-5-3-2-4-6-14/h2-6,12-13H,7-11H2,1H3,(H,18,19,20,23). The minimum Gasteiger partial charge on any atom is -0.354 e. The number of hydrogen-bond acceptors (Lipinski definition) is 5. The third-order valence-corrected chi connectivity index (χ3v) is 3.95. The molecule has 0 bridgehead atoms. The van der Waals surface area contributed by atoms with Gasteiger partial charge in [-0.25, -0.2) is 9.97 Å². The molecule has 0 atom stereocenters. The second kappa shape index (κ2) is 7.19. The summed E-state index contributed by atoms with van der Waals surface area (Å²) in [4.78, 5) is 25.1. The second-order valence-electron chi connectivity index (χ2n) is 5.76. The number of anilines is 2. The number of amides is 1. The van der Waals surface area contributed by atoms with E-state index in [1.54, 1.807) is 0 Å². The second-order valence-corrected chi connectivity index (χ2v) is 5.76. The van der Waals surface area contributed by atoms with Gasteiger partial charge < -0.3 is 15.1 Å². The molecule has 120 valence electrons. The Morgan fingerprint density at radius 2 is 1.87 bits per heavy atom. The molecule has 0 saturated carbocycles. The summed E-state index contributed by atoms with van der Waals surface area (Å²) < 4.78 is 0. The van der Waals surface area contributed by atoms with Crippen LogP contribution in [-0.2, 0) is 11.2 Å². The molecular formula is C17H21N5O. The van der Waals surface area contributed by atoms with Gasteiger partial charge in [0.05, 0.1) is 6.42 Å². The molecule has 6 heteroatoms. The van der Waals surface area contributed by atoms with Crippen LogP contribution in [-0.4, -0.2) is 54.0 Å². The third kappa shape index (κ3) is 4.26. The fourth-order valence-corrected chi connectivity index (χ4v) is 2.59. The predicted octanol–water partition coefficient (Wildman–Crippen LogP) is 1.41. The van der Waals surface area contributed by atoms with Crippen molar-refractivity contribution in [2.24, 2.45) is 0 Å². The molecule has 6 nitrogen and oxygen atoms in total. The van der Waals surface area contributed by atoms with Crippen LogP contribution in [0, 0.1) is 0 Å². The molecule has 0 radical (unpaired) electrons. The molecule has 0 aliphatic carbocycles. The van der Waals surface area contributed by atoms with E-state index in [1.807, 2.05) is 36.4 Å². The van der Waals surface area contributed by atoms with Crippen molar-refractivity contribution in [2.75, 3.05) is 43.4 Å². The third-order valence-electron chi connectivity index (χ3n) is 3.95. The lowest BCUT2D eigenvalue weighted by Crippen LogP contribution is -2.44. The van der Waals surface area contributed by atoms with E-state index in [2.05, 4.69) is 32.1 Å². The summed E-state index contributed by atoms with van der Waals surface area (Å²) in [6.07, 6.45) is 1.85. The average molecular weight is 311 g/mol. The molecular weight excluding hydrogens is 290 g/mol. The first-order valence-corrected chi connectivity index (χ1v) is 7.80. The van der Waals surface area contributed by atoms with Gasteiger partial charge in [-0.3, -0.25) is 4.79 Å². The lowest BCUT2D eigenvalue weighted by Gasteiger charge is -2.33. The Bertz CT molecular complexity index is 653. The highest BCUT2D eigenvalue weighted by molar-refractivity contribution is 5.91. The number of carbonyl (C=O) groups excluding carboxylic acids is 1. The number of nitrogens with one attached hydrogen (secondary N) is 1. The van der Waals surface area contributed by atoms with Gasteiger partial charge in [0, 0.05) is 32.2 Å². The van der Waals surface area contributed by atoms with E-state index in [9.17, 15) is 4.79 Å². The van der Waals surface area contributed by atoms with E-state index in [-0.39, 0.29) is 5.91 Å². The van der Waals surface area contributed by atoms with E-state index in [1.165, 1.54) is 6.33 Å². The molecule has 23 heavy (non-hydrogen) atoms. The number of piperazine rings is 1. The Labute approximate surface area is 136 Å². The number of nitrogens with zero attached hydrogens (tertiary/aromatic N) is 4. The molecule has 3 rings (SSSR count). The van der Waals surface area contributed by atoms with Gasteiger partial charge in [-0.2, -0.15) is 0 Å². The molecule has 1 aliphatic heterocycles. The van der Waals surface area contributed by atoms with Crippen LogP contribution in [0.5, 0.6) is 0 Å². The normalized spacial score (nSPS) is 15.4. The smallest absolute Gasteiger partial charge is 0.229 e. The van der Waals surface area contributed by atoms with Gasteiger partial charge in [-0.1, -0.05) is 30.3 Å². The summed E-state index contributed by atoms with van der Waals surface area (Å²) in [5, 5.41) is 2.85. The van der Waals surface area contributed by atoms with Gasteiger partial charge >= 0.3 is 0 Å². The number of carbonyl (C=O) groups is 1. The van der Waals surface area contributed by atoms with Crippen molar-refractivity contribution in [1.29, 1.82) is 0 Å². The zero-order valence-corrected chi connectivity index (χ0v) is 13.3. The van der Waals surface area contributed by atoms with Crippen LogP contribution in [0.15, 0.2) is 42.7 Å². The van der Waals surface area contributed by atoms with Gasteiger partial charge in [0.1, 0.15) is 18.0 Å². The van der Waals surface area contributed by atoms with Crippen LogP contribution in [0.1, 0.15) is 5.56 Å². The van der Waals surface area contributed by atoms with Crippen LogP contribution < -0.4 is 10.2 Å². The molecule has 0 unspecified atom stereocenters. The number of rotatable bonds is 4. The van der Waals surface area contributed by atoms with E-state index in [4.69, 9.17) is 0 Å². The first-order valence-electron chi connectivity index (χ1n) is 7.80. The Morgan fingerprint density at radius 3 is 2.61 bits per heavy atom. The van der Waals surface area contributed by atoms with Crippen molar-refractivity contribution < 1.29 is 4.79 Å². The lowest BCUT2D eigenvalue weighted by atomic mass is 10.1. The molecule has 0 spiro atoms. The summed E-state index contributed by atoms with van der Waals surface area (Å²) in [5.41, 5.74) is 0.985. The summed E-state index contributed by atoms with van der Waals surface area (Å²) in [6, 6.07) is 11.5. The summed E-state index contributed by atoms with van der Waals surface area (Å²) in [6.45, 7) is 3.90. The zero-order chi connectivity index (χ0) is 16.1. The van der Waals surface area contributed by atoms with E-state index >= 15 is 0 Å². The Hall–Kier alpha value is -2.47. The fraction of sp³-hybridized carbons (Fsp3) is 0.353. The SMILES string of the molecule is CN1CCN(c2cc(NC(=O)Cc3ccccc3)ncn2)CC1. The molecule has 1 amide bonds. The minimum atomic E-state index is -0.0702. The van der Waals surface area contributed by atoms with Gasteiger partial charge in [-0.15, -0.1) is 0 Å². The number of hydrogen-bond donors (Lipinski definition) is 1. The van der Waals surface area contributed by atoms with E-state index < -0.39 is 0 Å².